The molecule has 0 radical (unpaired) electrons. The van der Waals surface area contributed by atoms with E-state index in [9.17, 15) is 4.79 Å². The first-order valence-corrected chi connectivity index (χ1v) is 5.41. The van der Waals surface area contributed by atoms with E-state index in [0.717, 1.165) is 19.1 Å². The van der Waals surface area contributed by atoms with Crippen LogP contribution in [0.15, 0.2) is 0 Å². The molecule has 1 aliphatic rings. The fourth-order valence-corrected chi connectivity index (χ4v) is 2.55. The number of carbonyl (C=O) groups is 1. The van der Waals surface area contributed by atoms with Crippen molar-refractivity contribution in [2.75, 3.05) is 0 Å². The second-order valence-corrected chi connectivity index (χ2v) is 5.60. The van der Waals surface area contributed by atoms with Gasteiger partial charge in [0.2, 0.25) is 0 Å². The van der Waals surface area contributed by atoms with Crippen molar-refractivity contribution in [1.29, 1.82) is 0 Å². The second-order valence-electron chi connectivity index (χ2n) is 5.60. The lowest BCUT2D eigenvalue weighted by Crippen LogP contribution is -2.59. The van der Waals surface area contributed by atoms with Crippen molar-refractivity contribution in [3.63, 3.8) is 0 Å². The summed E-state index contributed by atoms with van der Waals surface area (Å²) in [5.74, 6) is -0.596. The Morgan fingerprint density at radius 2 is 1.88 bits per heavy atom. The minimum Gasteiger partial charge on any atom is -0.454 e. The minimum absolute atomic E-state index is 0.0664. The van der Waals surface area contributed by atoms with E-state index in [1.54, 1.807) is 0 Å². The number of ether oxygens (including phenoxy) is 1. The molecule has 1 rings (SSSR count). The van der Waals surface area contributed by atoms with Crippen molar-refractivity contribution >= 4 is 12.2 Å². The highest BCUT2D eigenvalue weighted by Gasteiger charge is 2.39. The van der Waals surface area contributed by atoms with Crippen LogP contribution in [-0.4, -0.2) is 34.2 Å². The molecule has 0 amide bonds. The van der Waals surface area contributed by atoms with E-state index in [4.69, 9.17) is 10.3 Å². The first-order valence-electron chi connectivity index (χ1n) is 5.41. The average Bonchev–Trinajstić information content (AvgIpc) is 1.96. The van der Waals surface area contributed by atoms with Crippen LogP contribution in [0.1, 0.15) is 40.5 Å². The highest BCUT2D eigenvalue weighted by atomic mass is 16.5. The smallest absolute Gasteiger partial charge is 0.413 e. The second kappa shape index (κ2) is 4.36. The largest absolute Gasteiger partial charge is 0.454 e. The van der Waals surface area contributed by atoms with Crippen LogP contribution in [0.5, 0.6) is 0 Å². The molecule has 90 valence electrons. The van der Waals surface area contributed by atoms with Crippen molar-refractivity contribution in [2.45, 2.75) is 57.7 Å². The molecular weight excluding hydrogens is 206 g/mol. The van der Waals surface area contributed by atoms with E-state index in [1.165, 1.54) is 0 Å². The number of carbonyl (C=O) groups excluding carboxylic acids is 1. The van der Waals surface area contributed by atoms with Crippen LogP contribution in [-0.2, 0) is 9.53 Å². The van der Waals surface area contributed by atoms with Gasteiger partial charge in [0.05, 0.1) is 0 Å². The minimum atomic E-state index is -0.596. The van der Waals surface area contributed by atoms with Crippen molar-refractivity contribution in [2.24, 2.45) is 0 Å². The van der Waals surface area contributed by atoms with Crippen LogP contribution >= 0.6 is 0 Å². The maximum absolute atomic E-state index is 11.2. The molecule has 0 aromatic carbocycles. The standard InChI is InChI=1S/C11H19N3O2/c1-10(2)5-8(6-11(3,4)14-10)16-9(15)7-13-12/h7-8,14H,5-6H2,1-4H3. The zero-order valence-electron chi connectivity index (χ0n) is 10.3. The molecule has 1 heterocycles. The Morgan fingerprint density at radius 3 is 2.31 bits per heavy atom. The van der Waals surface area contributed by atoms with Gasteiger partial charge in [-0.1, -0.05) is 0 Å². The van der Waals surface area contributed by atoms with Gasteiger partial charge >= 0.3 is 12.2 Å². The number of nitrogens with one attached hydrogen (secondary N) is 1. The predicted molar refractivity (Wildman–Crippen MR) is 60.1 cm³/mol. The fourth-order valence-electron chi connectivity index (χ4n) is 2.55. The molecule has 1 N–H and O–H groups in total. The van der Waals surface area contributed by atoms with Gasteiger partial charge in [0.1, 0.15) is 6.10 Å². The topological polar surface area (TPSA) is 74.7 Å². The number of hydrogen-bond acceptors (Lipinski definition) is 3. The maximum atomic E-state index is 11.2. The van der Waals surface area contributed by atoms with Gasteiger partial charge in [-0.2, -0.15) is 4.79 Å². The molecule has 0 spiro atoms. The van der Waals surface area contributed by atoms with Crippen LogP contribution in [0.4, 0.5) is 0 Å². The quantitative estimate of drug-likeness (QED) is 0.331. The van der Waals surface area contributed by atoms with Gasteiger partial charge < -0.3 is 15.6 Å². The fraction of sp³-hybridized carbons (Fsp3) is 0.818. The van der Waals surface area contributed by atoms with E-state index < -0.39 is 5.97 Å². The Morgan fingerprint density at radius 1 is 1.38 bits per heavy atom. The molecule has 1 aliphatic heterocycles. The molecule has 0 unspecified atom stereocenters. The SMILES string of the molecule is CC1(C)CC(OC(=O)C=[N+]=[N-])CC(C)(C)N1. The molecule has 0 saturated carbocycles. The number of rotatable bonds is 2. The lowest BCUT2D eigenvalue weighted by atomic mass is 9.81. The number of hydrogen-bond donors (Lipinski definition) is 1. The first-order chi connectivity index (χ1) is 7.24. The van der Waals surface area contributed by atoms with Gasteiger partial charge in [-0.15, -0.1) is 0 Å². The van der Waals surface area contributed by atoms with Crippen molar-refractivity contribution in [3.8, 4) is 0 Å². The number of nitrogens with zero attached hydrogens (tertiary/aromatic N) is 2. The van der Waals surface area contributed by atoms with E-state index in [0.29, 0.717) is 0 Å². The van der Waals surface area contributed by atoms with Crippen LogP contribution in [0.3, 0.4) is 0 Å². The third-order valence-corrected chi connectivity index (χ3v) is 2.60. The Labute approximate surface area is 95.8 Å². The summed E-state index contributed by atoms with van der Waals surface area (Å²) < 4.78 is 5.21. The van der Waals surface area contributed by atoms with Gasteiger partial charge in [-0.05, 0) is 27.7 Å². The summed E-state index contributed by atoms with van der Waals surface area (Å²) in [6.45, 7) is 8.31. The highest BCUT2D eigenvalue weighted by molar-refractivity contribution is 6.20. The Balaban J connectivity index is 2.67. The zero-order chi connectivity index (χ0) is 12.4. The van der Waals surface area contributed by atoms with Gasteiger partial charge in [0, 0.05) is 23.9 Å². The van der Waals surface area contributed by atoms with Crippen LogP contribution < -0.4 is 5.32 Å². The Hall–Kier alpha value is -1.19. The van der Waals surface area contributed by atoms with E-state index in [1.807, 2.05) is 0 Å². The van der Waals surface area contributed by atoms with E-state index >= 15 is 0 Å². The number of piperidine rings is 1. The van der Waals surface area contributed by atoms with E-state index in [2.05, 4.69) is 37.8 Å². The Kier molecular flexibility index (Phi) is 3.51. The zero-order valence-corrected chi connectivity index (χ0v) is 10.3. The molecule has 0 aromatic heterocycles. The third-order valence-electron chi connectivity index (χ3n) is 2.60. The summed E-state index contributed by atoms with van der Waals surface area (Å²) in [4.78, 5) is 13.8. The maximum Gasteiger partial charge on any atom is 0.413 e. The van der Waals surface area contributed by atoms with Crippen molar-refractivity contribution < 1.29 is 14.3 Å². The molecule has 0 aliphatic carbocycles. The van der Waals surface area contributed by atoms with Crippen molar-refractivity contribution in [1.82, 2.24) is 5.32 Å². The van der Waals surface area contributed by atoms with Gasteiger partial charge in [0.25, 0.3) is 0 Å². The monoisotopic (exact) mass is 225 g/mol. The third kappa shape index (κ3) is 3.76. The highest BCUT2D eigenvalue weighted by Crippen LogP contribution is 2.30. The summed E-state index contributed by atoms with van der Waals surface area (Å²) in [6.07, 6.45) is 2.14. The lowest BCUT2D eigenvalue weighted by molar-refractivity contribution is -0.148. The summed E-state index contributed by atoms with van der Waals surface area (Å²) in [5.41, 5.74) is 8.09. The first kappa shape index (κ1) is 12.9. The molecule has 16 heavy (non-hydrogen) atoms. The van der Waals surface area contributed by atoms with Crippen molar-refractivity contribution in [3.05, 3.63) is 5.53 Å². The predicted octanol–water partition coefficient (Wildman–Crippen LogP) is 1.14. The number of esters is 1. The molecule has 0 bridgehead atoms. The Bertz CT molecular complexity index is 314. The summed E-state index contributed by atoms with van der Waals surface area (Å²) in [7, 11) is 0. The van der Waals surface area contributed by atoms with Crippen LogP contribution in [0.2, 0.25) is 0 Å². The van der Waals surface area contributed by atoms with Gasteiger partial charge in [-0.3, -0.25) is 0 Å². The summed E-state index contributed by atoms with van der Waals surface area (Å²) >= 11 is 0. The average molecular weight is 225 g/mol. The molecule has 0 aromatic rings. The summed E-state index contributed by atoms with van der Waals surface area (Å²) in [5, 5.41) is 3.49. The normalized spacial score (nSPS) is 23.2. The molecule has 5 heteroatoms. The molecule has 0 atom stereocenters. The van der Waals surface area contributed by atoms with Crippen LogP contribution in [0, 0.1) is 0 Å². The molecule has 1 fully saturated rings. The summed E-state index contributed by atoms with van der Waals surface area (Å²) in [6, 6.07) is 0. The molecule has 5 nitrogen and oxygen atoms in total. The molecular formula is C11H19N3O2. The lowest BCUT2D eigenvalue weighted by Gasteiger charge is -2.45. The van der Waals surface area contributed by atoms with Crippen LogP contribution in [0.25, 0.3) is 5.53 Å². The van der Waals surface area contributed by atoms with E-state index in [-0.39, 0.29) is 17.2 Å². The van der Waals surface area contributed by atoms with Gasteiger partial charge in [0.15, 0.2) is 0 Å². The molecule has 1 saturated heterocycles. The van der Waals surface area contributed by atoms with Gasteiger partial charge in [-0.25, -0.2) is 4.79 Å².